The van der Waals surface area contributed by atoms with Gasteiger partial charge >= 0.3 is 0 Å². The third-order valence-corrected chi connectivity index (χ3v) is 5.15. The molecule has 0 spiro atoms. The highest BCUT2D eigenvalue weighted by Gasteiger charge is 2.14. The molecule has 0 radical (unpaired) electrons. The Morgan fingerprint density at radius 1 is 1.27 bits per heavy atom. The summed E-state index contributed by atoms with van der Waals surface area (Å²) in [7, 11) is 0. The molecule has 8 heteroatoms. The van der Waals surface area contributed by atoms with Crippen LogP contribution in [0.5, 0.6) is 0 Å². The summed E-state index contributed by atoms with van der Waals surface area (Å²) in [6.45, 7) is 2.37. The molecule has 3 heterocycles. The van der Waals surface area contributed by atoms with Crippen LogP contribution in [-0.2, 0) is 6.54 Å². The number of aromatic nitrogens is 4. The van der Waals surface area contributed by atoms with Gasteiger partial charge in [0.15, 0.2) is 4.96 Å². The fraction of sp³-hybridized carbons (Fsp3) is 0.111. The van der Waals surface area contributed by atoms with Crippen LogP contribution in [0.4, 0.5) is 4.39 Å². The van der Waals surface area contributed by atoms with E-state index in [1.54, 1.807) is 12.1 Å². The molecule has 0 aliphatic rings. The van der Waals surface area contributed by atoms with Crippen molar-refractivity contribution < 1.29 is 9.18 Å². The van der Waals surface area contributed by atoms with E-state index in [1.165, 1.54) is 42.1 Å². The maximum atomic E-state index is 13.1. The number of amides is 1. The van der Waals surface area contributed by atoms with Gasteiger partial charge in [-0.2, -0.15) is 0 Å². The number of thiazole rings is 1. The lowest BCUT2D eigenvalue weighted by molar-refractivity contribution is 0.0946. The third-order valence-electron chi connectivity index (χ3n) is 4.00. The molecule has 0 saturated carbocycles. The van der Waals surface area contributed by atoms with Crippen LogP contribution in [0.25, 0.3) is 16.2 Å². The SMILES string of the molecule is Cc1c(CNC(=O)c2cnccn2)sc2nc(-c3ccc(F)cc3)cn12. The zero-order chi connectivity index (χ0) is 18.1. The maximum absolute atomic E-state index is 13.1. The molecule has 3 aromatic heterocycles. The highest BCUT2D eigenvalue weighted by molar-refractivity contribution is 7.17. The maximum Gasteiger partial charge on any atom is 0.271 e. The second kappa shape index (κ2) is 6.64. The summed E-state index contributed by atoms with van der Waals surface area (Å²) in [6.07, 6.45) is 6.35. The molecule has 0 fully saturated rings. The van der Waals surface area contributed by atoms with Gasteiger partial charge in [-0.25, -0.2) is 14.4 Å². The van der Waals surface area contributed by atoms with Gasteiger partial charge in [0, 0.05) is 34.7 Å². The Morgan fingerprint density at radius 3 is 2.77 bits per heavy atom. The Balaban J connectivity index is 1.54. The van der Waals surface area contributed by atoms with Crippen molar-refractivity contribution in [1.29, 1.82) is 0 Å². The lowest BCUT2D eigenvalue weighted by Gasteiger charge is -2.03. The number of hydrogen-bond acceptors (Lipinski definition) is 5. The van der Waals surface area contributed by atoms with Gasteiger partial charge in [-0.1, -0.05) is 11.3 Å². The Bertz CT molecular complexity index is 1070. The zero-order valence-corrected chi connectivity index (χ0v) is 14.6. The van der Waals surface area contributed by atoms with E-state index in [4.69, 9.17) is 0 Å². The fourth-order valence-corrected chi connectivity index (χ4v) is 3.63. The largest absolute Gasteiger partial charge is 0.346 e. The molecule has 6 nitrogen and oxygen atoms in total. The second-order valence-electron chi connectivity index (χ2n) is 5.67. The van der Waals surface area contributed by atoms with Crippen LogP contribution in [0, 0.1) is 12.7 Å². The van der Waals surface area contributed by atoms with Crippen molar-refractivity contribution in [3.63, 3.8) is 0 Å². The highest BCUT2D eigenvalue weighted by atomic mass is 32.1. The molecule has 130 valence electrons. The average molecular weight is 367 g/mol. The van der Waals surface area contributed by atoms with E-state index in [0.717, 1.165) is 26.8 Å². The minimum atomic E-state index is -0.271. The molecule has 1 N–H and O–H groups in total. The standard InChI is InChI=1S/C18H14FN5OS/c1-11-16(9-22-17(25)14-8-20-6-7-21-14)26-18-23-15(10-24(11)18)12-2-4-13(19)5-3-12/h2-8,10H,9H2,1H3,(H,22,25). The average Bonchev–Trinajstić information content (AvgIpc) is 3.20. The third kappa shape index (κ3) is 3.06. The van der Waals surface area contributed by atoms with Crippen LogP contribution in [-0.4, -0.2) is 25.3 Å². The van der Waals surface area contributed by atoms with Crippen LogP contribution < -0.4 is 5.32 Å². The van der Waals surface area contributed by atoms with E-state index < -0.39 is 0 Å². The Kier molecular flexibility index (Phi) is 4.18. The van der Waals surface area contributed by atoms with Gasteiger partial charge in [0.2, 0.25) is 0 Å². The smallest absolute Gasteiger partial charge is 0.271 e. The lowest BCUT2D eigenvalue weighted by Crippen LogP contribution is -2.23. The van der Waals surface area contributed by atoms with Crippen LogP contribution in [0.1, 0.15) is 21.1 Å². The number of rotatable bonds is 4. The van der Waals surface area contributed by atoms with E-state index in [0.29, 0.717) is 6.54 Å². The fourth-order valence-electron chi connectivity index (χ4n) is 2.59. The number of hydrogen-bond donors (Lipinski definition) is 1. The topological polar surface area (TPSA) is 72.2 Å². The van der Waals surface area contributed by atoms with Gasteiger partial charge in [0.05, 0.1) is 18.4 Å². The molecule has 0 saturated heterocycles. The van der Waals surface area contributed by atoms with Crippen LogP contribution >= 0.6 is 11.3 Å². The Labute approximate surface area is 152 Å². The molecule has 0 atom stereocenters. The molecular weight excluding hydrogens is 353 g/mol. The van der Waals surface area contributed by atoms with Crippen LogP contribution in [0.2, 0.25) is 0 Å². The summed E-state index contributed by atoms with van der Waals surface area (Å²) >= 11 is 1.51. The van der Waals surface area contributed by atoms with Crippen LogP contribution in [0.3, 0.4) is 0 Å². The van der Waals surface area contributed by atoms with Gasteiger partial charge < -0.3 is 5.32 Å². The van der Waals surface area contributed by atoms with Crippen molar-refractivity contribution in [3.05, 3.63) is 71.1 Å². The Morgan fingerprint density at radius 2 is 2.08 bits per heavy atom. The van der Waals surface area contributed by atoms with Gasteiger partial charge in [0.25, 0.3) is 5.91 Å². The van der Waals surface area contributed by atoms with Gasteiger partial charge in [-0.05, 0) is 31.2 Å². The molecule has 0 bridgehead atoms. The minimum Gasteiger partial charge on any atom is -0.346 e. The monoisotopic (exact) mass is 367 g/mol. The number of carbonyl (C=O) groups is 1. The molecular formula is C18H14FN5OS. The minimum absolute atomic E-state index is 0.268. The van der Waals surface area contributed by atoms with E-state index in [9.17, 15) is 9.18 Å². The first-order valence-corrected chi connectivity index (χ1v) is 8.71. The van der Waals surface area contributed by atoms with Crippen molar-refractivity contribution in [3.8, 4) is 11.3 Å². The zero-order valence-electron chi connectivity index (χ0n) is 13.8. The summed E-state index contributed by atoms with van der Waals surface area (Å²) in [5.41, 5.74) is 2.93. The first-order chi connectivity index (χ1) is 12.6. The molecule has 4 rings (SSSR count). The van der Waals surface area contributed by atoms with Crippen molar-refractivity contribution in [2.45, 2.75) is 13.5 Å². The van der Waals surface area contributed by atoms with E-state index in [1.807, 2.05) is 17.5 Å². The quantitative estimate of drug-likeness (QED) is 0.601. The number of benzene rings is 1. The van der Waals surface area contributed by atoms with Crippen molar-refractivity contribution in [2.75, 3.05) is 0 Å². The normalized spacial score (nSPS) is 11.0. The molecule has 0 aliphatic carbocycles. The number of imidazole rings is 1. The second-order valence-corrected chi connectivity index (χ2v) is 6.73. The highest BCUT2D eigenvalue weighted by Crippen LogP contribution is 2.27. The number of nitrogens with one attached hydrogen (secondary N) is 1. The number of nitrogens with zero attached hydrogens (tertiary/aromatic N) is 4. The predicted molar refractivity (Wildman–Crippen MR) is 96.4 cm³/mol. The first kappa shape index (κ1) is 16.3. The summed E-state index contributed by atoms with van der Waals surface area (Å²) in [5.74, 6) is -0.539. The van der Waals surface area contributed by atoms with E-state index >= 15 is 0 Å². The molecule has 26 heavy (non-hydrogen) atoms. The predicted octanol–water partition coefficient (Wildman–Crippen LogP) is 3.23. The van der Waals surface area contributed by atoms with Gasteiger partial charge in [-0.15, -0.1) is 0 Å². The first-order valence-electron chi connectivity index (χ1n) is 7.89. The summed E-state index contributed by atoms with van der Waals surface area (Å²) in [6, 6.07) is 6.25. The molecule has 1 amide bonds. The van der Waals surface area contributed by atoms with E-state index in [-0.39, 0.29) is 17.4 Å². The summed E-state index contributed by atoms with van der Waals surface area (Å²) in [5, 5.41) is 2.85. The Hall–Kier alpha value is -3.13. The van der Waals surface area contributed by atoms with Crippen molar-refractivity contribution in [2.24, 2.45) is 0 Å². The van der Waals surface area contributed by atoms with Gasteiger partial charge in [0.1, 0.15) is 11.5 Å². The van der Waals surface area contributed by atoms with Crippen molar-refractivity contribution in [1.82, 2.24) is 24.7 Å². The molecule has 0 unspecified atom stereocenters. The summed E-state index contributed by atoms with van der Waals surface area (Å²) in [4.78, 5) is 26.4. The molecule has 4 aromatic rings. The van der Waals surface area contributed by atoms with Gasteiger partial charge in [-0.3, -0.25) is 14.2 Å². The summed E-state index contributed by atoms with van der Waals surface area (Å²) < 4.78 is 15.0. The van der Waals surface area contributed by atoms with Crippen molar-refractivity contribution >= 4 is 22.2 Å². The van der Waals surface area contributed by atoms with Crippen LogP contribution in [0.15, 0.2) is 49.1 Å². The number of carbonyl (C=O) groups excluding carboxylic acids is 1. The molecule has 0 aliphatic heterocycles. The number of fused-ring (bicyclic) bond motifs is 1. The lowest BCUT2D eigenvalue weighted by atomic mass is 10.2. The number of halogens is 1. The van der Waals surface area contributed by atoms with E-state index in [2.05, 4.69) is 20.3 Å². The number of aryl methyl sites for hydroxylation is 1. The molecule has 1 aromatic carbocycles.